The number of rotatable bonds is 2. The second kappa shape index (κ2) is 4.86. The Kier molecular flexibility index (Phi) is 3.02. The Morgan fingerprint density at radius 1 is 1.05 bits per heavy atom. The van der Waals surface area contributed by atoms with Gasteiger partial charge in [-0.25, -0.2) is 4.79 Å². The van der Waals surface area contributed by atoms with E-state index in [1.807, 2.05) is 19.1 Å². The van der Waals surface area contributed by atoms with E-state index in [-0.39, 0.29) is 11.5 Å². The first kappa shape index (κ1) is 13.1. The maximum absolute atomic E-state index is 12.4. The fourth-order valence-electron chi connectivity index (χ4n) is 2.15. The molecule has 2 aromatic carbocycles. The van der Waals surface area contributed by atoms with Crippen molar-refractivity contribution < 1.29 is 14.7 Å². The highest BCUT2D eigenvalue weighted by Gasteiger charge is 2.14. The lowest BCUT2D eigenvalue weighted by Gasteiger charge is -2.03. The van der Waals surface area contributed by atoms with Gasteiger partial charge >= 0.3 is 5.97 Å². The van der Waals surface area contributed by atoms with E-state index < -0.39 is 5.97 Å². The molecule has 1 heterocycles. The van der Waals surface area contributed by atoms with E-state index in [1.165, 1.54) is 23.0 Å². The van der Waals surface area contributed by atoms with Gasteiger partial charge in [0.05, 0.1) is 17.3 Å². The molecule has 3 rings (SSSR count). The minimum Gasteiger partial charge on any atom is -0.478 e. The molecule has 5 heteroatoms. The summed E-state index contributed by atoms with van der Waals surface area (Å²) in [6, 6.07) is 11.8. The van der Waals surface area contributed by atoms with Gasteiger partial charge in [0.1, 0.15) is 0 Å². The van der Waals surface area contributed by atoms with Gasteiger partial charge in [-0.1, -0.05) is 17.7 Å². The van der Waals surface area contributed by atoms with Crippen molar-refractivity contribution in [2.45, 2.75) is 6.92 Å². The summed E-state index contributed by atoms with van der Waals surface area (Å²) >= 11 is 0. The van der Waals surface area contributed by atoms with Crippen molar-refractivity contribution in [1.29, 1.82) is 0 Å². The number of nitrogens with zero attached hydrogens (tertiary/aromatic N) is 2. The smallest absolute Gasteiger partial charge is 0.335 e. The molecule has 1 N–H and O–H groups in total. The number of aromatic carboxylic acids is 1. The first-order valence-electron chi connectivity index (χ1n) is 6.39. The van der Waals surface area contributed by atoms with E-state index in [9.17, 15) is 9.59 Å². The van der Waals surface area contributed by atoms with Crippen LogP contribution >= 0.6 is 0 Å². The fourth-order valence-corrected chi connectivity index (χ4v) is 2.15. The molecule has 0 radical (unpaired) electrons. The average molecular weight is 280 g/mol. The Hall–Kier alpha value is -2.95. The Morgan fingerprint density at radius 2 is 1.71 bits per heavy atom. The molecule has 21 heavy (non-hydrogen) atoms. The highest BCUT2D eigenvalue weighted by Crippen LogP contribution is 2.17. The largest absolute Gasteiger partial charge is 0.478 e. The summed E-state index contributed by atoms with van der Waals surface area (Å²) < 4.78 is 1.28. The van der Waals surface area contributed by atoms with Gasteiger partial charge in [0.15, 0.2) is 0 Å². The zero-order valence-corrected chi connectivity index (χ0v) is 11.3. The number of benzene rings is 2. The minimum atomic E-state index is -1.01. The summed E-state index contributed by atoms with van der Waals surface area (Å²) in [4.78, 5) is 23.4. The molecule has 3 aromatic rings. The first-order valence-corrected chi connectivity index (χ1v) is 6.39. The lowest BCUT2D eigenvalue weighted by atomic mass is 10.1. The number of carboxylic acid groups (broad SMARTS) is 1. The monoisotopic (exact) mass is 280 g/mol. The first-order chi connectivity index (χ1) is 10.1. The van der Waals surface area contributed by atoms with E-state index in [0.29, 0.717) is 16.5 Å². The summed E-state index contributed by atoms with van der Waals surface area (Å²) in [6.07, 6.45) is 1.49. The van der Waals surface area contributed by atoms with Crippen molar-refractivity contribution in [3.05, 3.63) is 65.4 Å². The average Bonchev–Trinajstić information content (AvgIpc) is 2.90. The van der Waals surface area contributed by atoms with Crippen LogP contribution in [0, 0.1) is 6.92 Å². The third-order valence-corrected chi connectivity index (χ3v) is 3.31. The molecule has 0 unspecified atom stereocenters. The fraction of sp³-hybridized carbons (Fsp3) is 0.0625. The van der Waals surface area contributed by atoms with Gasteiger partial charge < -0.3 is 5.11 Å². The Morgan fingerprint density at radius 3 is 2.38 bits per heavy atom. The van der Waals surface area contributed by atoms with Gasteiger partial charge in [-0.2, -0.15) is 9.78 Å². The number of hydrogen-bond acceptors (Lipinski definition) is 3. The molecule has 0 bridgehead atoms. The van der Waals surface area contributed by atoms with Crippen molar-refractivity contribution >= 4 is 22.8 Å². The molecule has 0 aliphatic heterocycles. The maximum atomic E-state index is 12.4. The van der Waals surface area contributed by atoms with Crippen LogP contribution in [0.25, 0.3) is 10.9 Å². The zero-order chi connectivity index (χ0) is 15.0. The van der Waals surface area contributed by atoms with Crippen molar-refractivity contribution in [3.63, 3.8) is 0 Å². The van der Waals surface area contributed by atoms with Gasteiger partial charge in [0.25, 0.3) is 5.91 Å². The standard InChI is InChI=1S/C16H12N2O3/c1-10-2-4-11(5-3-10)15(19)18-14-7-6-12(16(20)21)8-13(14)9-17-18/h2-9H,1H3,(H,20,21). The predicted octanol–water partition coefficient (Wildman–Crippen LogP) is 2.73. The van der Waals surface area contributed by atoms with Crippen LogP contribution in [0.1, 0.15) is 26.3 Å². The summed E-state index contributed by atoms with van der Waals surface area (Å²) in [7, 11) is 0. The molecule has 5 nitrogen and oxygen atoms in total. The summed E-state index contributed by atoms with van der Waals surface area (Å²) in [5.74, 6) is -1.25. The Labute approximate surface area is 120 Å². The Balaban J connectivity index is 2.06. The van der Waals surface area contributed by atoms with Crippen LogP contribution in [-0.2, 0) is 0 Å². The normalized spacial score (nSPS) is 10.7. The lowest BCUT2D eigenvalue weighted by Crippen LogP contribution is -2.13. The highest BCUT2D eigenvalue weighted by atomic mass is 16.4. The highest BCUT2D eigenvalue weighted by molar-refractivity contribution is 6.02. The molecule has 0 amide bonds. The summed E-state index contributed by atoms with van der Waals surface area (Å²) in [5.41, 5.74) is 2.37. The Bertz CT molecular complexity index is 848. The number of aryl methyl sites for hydroxylation is 1. The quantitative estimate of drug-likeness (QED) is 0.783. The third kappa shape index (κ3) is 2.29. The van der Waals surface area contributed by atoms with E-state index in [2.05, 4.69) is 5.10 Å². The molecule has 0 saturated carbocycles. The second-order valence-corrected chi connectivity index (χ2v) is 4.81. The molecule has 1 aromatic heterocycles. The van der Waals surface area contributed by atoms with E-state index in [1.54, 1.807) is 18.2 Å². The number of carbonyl (C=O) groups is 2. The van der Waals surface area contributed by atoms with Gasteiger partial charge in [-0.15, -0.1) is 0 Å². The molecule has 0 spiro atoms. The molecule has 0 saturated heterocycles. The molecule has 104 valence electrons. The van der Waals surface area contributed by atoms with Crippen LogP contribution in [0.4, 0.5) is 0 Å². The minimum absolute atomic E-state index is 0.171. The third-order valence-electron chi connectivity index (χ3n) is 3.31. The van der Waals surface area contributed by atoms with Crippen LogP contribution in [-0.4, -0.2) is 26.8 Å². The van der Waals surface area contributed by atoms with E-state index >= 15 is 0 Å². The zero-order valence-electron chi connectivity index (χ0n) is 11.3. The number of hydrogen-bond donors (Lipinski definition) is 1. The van der Waals surface area contributed by atoms with Crippen molar-refractivity contribution in [2.24, 2.45) is 0 Å². The van der Waals surface area contributed by atoms with Crippen molar-refractivity contribution in [2.75, 3.05) is 0 Å². The van der Waals surface area contributed by atoms with Crippen LogP contribution in [0.3, 0.4) is 0 Å². The van der Waals surface area contributed by atoms with Crippen LogP contribution in [0.15, 0.2) is 48.7 Å². The van der Waals surface area contributed by atoms with E-state index in [4.69, 9.17) is 5.11 Å². The van der Waals surface area contributed by atoms with Gasteiger partial charge in [0, 0.05) is 10.9 Å². The van der Waals surface area contributed by atoms with Gasteiger partial charge in [0.2, 0.25) is 0 Å². The summed E-state index contributed by atoms with van der Waals surface area (Å²) in [5, 5.41) is 13.7. The predicted molar refractivity (Wildman–Crippen MR) is 77.6 cm³/mol. The van der Waals surface area contributed by atoms with Crippen molar-refractivity contribution in [3.8, 4) is 0 Å². The van der Waals surface area contributed by atoms with Crippen molar-refractivity contribution in [1.82, 2.24) is 9.78 Å². The van der Waals surface area contributed by atoms with Crippen LogP contribution in [0.2, 0.25) is 0 Å². The SMILES string of the molecule is Cc1ccc(C(=O)n2ncc3cc(C(=O)O)ccc32)cc1. The van der Waals surface area contributed by atoms with Gasteiger partial charge in [-0.3, -0.25) is 4.79 Å². The lowest BCUT2D eigenvalue weighted by molar-refractivity contribution is 0.0697. The maximum Gasteiger partial charge on any atom is 0.335 e. The number of aromatic nitrogens is 2. The molecule has 0 fully saturated rings. The topological polar surface area (TPSA) is 72.2 Å². The molecular formula is C16H12N2O3. The summed E-state index contributed by atoms with van der Waals surface area (Å²) in [6.45, 7) is 1.95. The number of carbonyl (C=O) groups excluding carboxylic acids is 1. The van der Waals surface area contributed by atoms with Crippen LogP contribution in [0.5, 0.6) is 0 Å². The van der Waals surface area contributed by atoms with Gasteiger partial charge in [-0.05, 0) is 37.3 Å². The second-order valence-electron chi connectivity index (χ2n) is 4.81. The van der Waals surface area contributed by atoms with Crippen LogP contribution < -0.4 is 0 Å². The number of carboxylic acids is 1. The van der Waals surface area contributed by atoms with E-state index in [0.717, 1.165) is 5.56 Å². The molecular weight excluding hydrogens is 268 g/mol. The molecule has 0 atom stereocenters. The number of fused-ring (bicyclic) bond motifs is 1. The molecule has 0 aliphatic carbocycles. The molecule has 0 aliphatic rings.